The predicted molar refractivity (Wildman–Crippen MR) is 72.2 cm³/mol. The number of rotatable bonds is 5. The van der Waals surface area contributed by atoms with Crippen LogP contribution in [0.25, 0.3) is 0 Å². The molecule has 21 heavy (non-hydrogen) atoms. The summed E-state index contributed by atoms with van der Waals surface area (Å²) < 4.78 is 1.39. The zero-order chi connectivity index (χ0) is 15.4. The summed E-state index contributed by atoms with van der Waals surface area (Å²) >= 11 is 0. The maximum Gasteiger partial charge on any atom is 0.256 e. The number of imide groups is 1. The Morgan fingerprint density at radius 3 is 2.62 bits per heavy atom. The molecule has 3 amide bonds. The van der Waals surface area contributed by atoms with E-state index >= 15 is 0 Å². The van der Waals surface area contributed by atoms with Crippen molar-refractivity contribution < 1.29 is 14.4 Å². The molecular weight excluding hydrogens is 276 g/mol. The zero-order valence-electron chi connectivity index (χ0n) is 11.7. The Balaban J connectivity index is 1.82. The van der Waals surface area contributed by atoms with Crippen LogP contribution in [0.5, 0.6) is 0 Å². The van der Waals surface area contributed by atoms with Crippen LogP contribution in [0.3, 0.4) is 0 Å². The van der Waals surface area contributed by atoms with Crippen molar-refractivity contribution in [3.63, 3.8) is 0 Å². The number of hydrogen-bond acceptors (Lipinski definition) is 5. The number of aryl methyl sites for hydroxylation is 1. The summed E-state index contributed by atoms with van der Waals surface area (Å²) in [4.78, 5) is 51.0. The third-order valence-corrected chi connectivity index (χ3v) is 3.20. The van der Waals surface area contributed by atoms with Crippen molar-refractivity contribution in [2.75, 3.05) is 13.1 Å². The summed E-state index contributed by atoms with van der Waals surface area (Å²) in [5.41, 5.74) is 0.362. The predicted octanol–water partition coefficient (Wildman–Crippen LogP) is -1.18. The van der Waals surface area contributed by atoms with Crippen molar-refractivity contribution in [2.24, 2.45) is 0 Å². The van der Waals surface area contributed by atoms with Gasteiger partial charge in [-0.1, -0.05) is 0 Å². The van der Waals surface area contributed by atoms with Crippen LogP contribution in [0, 0.1) is 6.92 Å². The van der Waals surface area contributed by atoms with E-state index < -0.39 is 5.91 Å². The van der Waals surface area contributed by atoms with Gasteiger partial charge in [-0.2, -0.15) is 0 Å². The third kappa shape index (κ3) is 3.53. The van der Waals surface area contributed by atoms with Crippen LogP contribution in [-0.2, 0) is 20.9 Å². The smallest absolute Gasteiger partial charge is 0.256 e. The highest BCUT2D eigenvalue weighted by Gasteiger charge is 2.30. The highest BCUT2D eigenvalue weighted by molar-refractivity contribution is 6.04. The summed E-state index contributed by atoms with van der Waals surface area (Å²) in [6.45, 7) is 1.90. The molecule has 0 bridgehead atoms. The van der Waals surface area contributed by atoms with E-state index in [1.54, 1.807) is 6.92 Å². The van der Waals surface area contributed by atoms with E-state index in [-0.39, 0.29) is 49.8 Å². The van der Waals surface area contributed by atoms with Crippen LogP contribution < -0.4 is 10.9 Å². The van der Waals surface area contributed by atoms with Crippen LogP contribution in [0.1, 0.15) is 18.4 Å². The Hall–Kier alpha value is -2.51. The van der Waals surface area contributed by atoms with Gasteiger partial charge in [0.05, 0.1) is 6.33 Å². The number of amides is 3. The van der Waals surface area contributed by atoms with Gasteiger partial charge >= 0.3 is 0 Å². The molecule has 1 aliphatic heterocycles. The van der Waals surface area contributed by atoms with E-state index in [2.05, 4.69) is 10.3 Å². The number of nitrogens with zero attached hydrogens (tertiary/aromatic N) is 3. The van der Waals surface area contributed by atoms with Crippen LogP contribution in [0.15, 0.2) is 17.3 Å². The van der Waals surface area contributed by atoms with E-state index in [4.69, 9.17) is 0 Å². The van der Waals surface area contributed by atoms with Gasteiger partial charge < -0.3 is 5.32 Å². The minimum atomic E-state index is -0.424. The van der Waals surface area contributed by atoms with Crippen LogP contribution in [-0.4, -0.2) is 45.3 Å². The van der Waals surface area contributed by atoms with E-state index in [1.165, 1.54) is 17.1 Å². The standard InChI is InChI=1S/C13H16N4O4/c1-9-6-14-8-16(13(9)21)5-4-15-10(18)7-17-11(19)2-3-12(17)20/h6,8H,2-5,7H2,1H3,(H,15,18). The second-order valence-corrected chi connectivity index (χ2v) is 4.80. The number of hydrogen-bond donors (Lipinski definition) is 1. The topological polar surface area (TPSA) is 101 Å². The van der Waals surface area contributed by atoms with Gasteiger partial charge in [-0.15, -0.1) is 0 Å². The lowest BCUT2D eigenvalue weighted by molar-refractivity contribution is -0.142. The maximum absolute atomic E-state index is 11.7. The molecule has 0 aromatic carbocycles. The second-order valence-electron chi connectivity index (χ2n) is 4.80. The van der Waals surface area contributed by atoms with Crippen molar-refractivity contribution in [2.45, 2.75) is 26.3 Å². The molecule has 8 heteroatoms. The molecule has 1 fully saturated rings. The van der Waals surface area contributed by atoms with Gasteiger partial charge in [0.1, 0.15) is 6.54 Å². The van der Waals surface area contributed by atoms with Crippen molar-refractivity contribution >= 4 is 17.7 Å². The molecule has 112 valence electrons. The molecule has 1 N–H and O–H groups in total. The SMILES string of the molecule is Cc1cncn(CCNC(=O)CN2C(=O)CCC2=O)c1=O. The summed E-state index contributed by atoms with van der Waals surface area (Å²) in [5.74, 6) is -1.07. The average Bonchev–Trinajstić information content (AvgIpc) is 2.75. The summed E-state index contributed by atoms with van der Waals surface area (Å²) in [6.07, 6.45) is 3.20. The van der Waals surface area contributed by atoms with E-state index in [0.29, 0.717) is 5.56 Å². The minimum absolute atomic E-state index is 0.163. The van der Waals surface area contributed by atoms with Gasteiger partial charge in [0, 0.05) is 37.7 Å². The van der Waals surface area contributed by atoms with Gasteiger partial charge in [0.25, 0.3) is 5.56 Å². The molecule has 2 rings (SSSR count). The van der Waals surface area contributed by atoms with E-state index in [9.17, 15) is 19.2 Å². The molecule has 0 radical (unpaired) electrons. The quantitative estimate of drug-likeness (QED) is 0.688. The highest BCUT2D eigenvalue weighted by Crippen LogP contribution is 2.10. The number of nitrogens with one attached hydrogen (secondary N) is 1. The van der Waals surface area contributed by atoms with Gasteiger partial charge in [-0.05, 0) is 6.92 Å². The molecule has 1 aromatic rings. The van der Waals surface area contributed by atoms with Crippen LogP contribution in [0.2, 0.25) is 0 Å². The molecule has 1 saturated heterocycles. The fraction of sp³-hybridized carbons (Fsp3) is 0.462. The lowest BCUT2D eigenvalue weighted by Gasteiger charge is -2.13. The Morgan fingerprint density at radius 2 is 1.95 bits per heavy atom. The maximum atomic E-state index is 11.7. The second kappa shape index (κ2) is 6.29. The van der Waals surface area contributed by atoms with Crippen molar-refractivity contribution in [1.29, 1.82) is 0 Å². The summed E-state index contributed by atoms with van der Waals surface area (Å²) in [5, 5.41) is 2.57. The van der Waals surface area contributed by atoms with E-state index in [0.717, 1.165) is 4.90 Å². The van der Waals surface area contributed by atoms with Crippen molar-refractivity contribution in [1.82, 2.24) is 19.8 Å². The molecule has 0 unspecified atom stereocenters. The number of carbonyl (C=O) groups is 3. The Bertz CT molecular complexity index is 621. The number of aromatic nitrogens is 2. The molecule has 0 saturated carbocycles. The Kier molecular flexibility index (Phi) is 4.46. The number of carbonyl (C=O) groups excluding carboxylic acids is 3. The van der Waals surface area contributed by atoms with Gasteiger partial charge in [0.2, 0.25) is 17.7 Å². The Labute approximate surface area is 120 Å². The molecule has 1 aromatic heterocycles. The minimum Gasteiger partial charge on any atom is -0.353 e. The van der Waals surface area contributed by atoms with E-state index in [1.807, 2.05) is 0 Å². The molecule has 2 heterocycles. The lowest BCUT2D eigenvalue weighted by atomic mass is 10.4. The molecule has 0 spiro atoms. The lowest BCUT2D eigenvalue weighted by Crippen LogP contribution is -2.41. The average molecular weight is 292 g/mol. The van der Waals surface area contributed by atoms with Gasteiger partial charge in [-0.3, -0.25) is 28.6 Å². The number of likely N-dealkylation sites (tertiary alicyclic amines) is 1. The highest BCUT2D eigenvalue weighted by atomic mass is 16.2. The molecule has 0 aliphatic carbocycles. The zero-order valence-corrected chi connectivity index (χ0v) is 11.7. The van der Waals surface area contributed by atoms with Crippen molar-refractivity contribution in [3.05, 3.63) is 28.4 Å². The molecule has 0 atom stereocenters. The third-order valence-electron chi connectivity index (χ3n) is 3.20. The summed E-state index contributed by atoms with van der Waals surface area (Å²) in [6, 6.07) is 0. The first-order chi connectivity index (χ1) is 9.99. The normalized spacial score (nSPS) is 14.6. The molecule has 8 nitrogen and oxygen atoms in total. The molecule has 1 aliphatic rings. The van der Waals surface area contributed by atoms with Gasteiger partial charge in [-0.25, -0.2) is 4.98 Å². The monoisotopic (exact) mass is 292 g/mol. The fourth-order valence-electron chi connectivity index (χ4n) is 2.03. The first-order valence-corrected chi connectivity index (χ1v) is 6.60. The fourth-order valence-corrected chi connectivity index (χ4v) is 2.03. The van der Waals surface area contributed by atoms with Crippen LogP contribution >= 0.6 is 0 Å². The van der Waals surface area contributed by atoms with Crippen molar-refractivity contribution in [3.8, 4) is 0 Å². The Morgan fingerprint density at radius 1 is 1.29 bits per heavy atom. The van der Waals surface area contributed by atoms with Gasteiger partial charge in [0.15, 0.2) is 0 Å². The van der Waals surface area contributed by atoms with Crippen LogP contribution in [0.4, 0.5) is 0 Å². The summed E-state index contributed by atoms with van der Waals surface area (Å²) in [7, 11) is 0. The molecular formula is C13H16N4O4. The first-order valence-electron chi connectivity index (χ1n) is 6.60. The largest absolute Gasteiger partial charge is 0.353 e. The first kappa shape index (κ1) is 14.9.